The Morgan fingerprint density at radius 2 is 1.80 bits per heavy atom. The standard InChI is InChI=1S/C23H19F5N6O/c1-11-20-14(21(33(3)31-20)18-9-19(23(26,27)28)30-32(18)2)4-5-34(11)22(35)12-6-15-16(25)7-13(24)8-17(15)29-10-12/h6-11H,4-5H2,1-3H3. The van der Waals surface area contributed by atoms with E-state index in [9.17, 15) is 26.7 Å². The highest BCUT2D eigenvalue weighted by Crippen LogP contribution is 2.38. The first kappa shape index (κ1) is 22.9. The highest BCUT2D eigenvalue weighted by atomic mass is 19.4. The molecule has 0 saturated carbocycles. The summed E-state index contributed by atoms with van der Waals surface area (Å²) in [4.78, 5) is 18.9. The van der Waals surface area contributed by atoms with E-state index < -0.39 is 35.5 Å². The van der Waals surface area contributed by atoms with Gasteiger partial charge in [0.1, 0.15) is 11.6 Å². The molecule has 0 fully saturated rings. The van der Waals surface area contributed by atoms with Gasteiger partial charge in [-0.05, 0) is 25.5 Å². The molecule has 1 aromatic carbocycles. The molecule has 0 radical (unpaired) electrons. The van der Waals surface area contributed by atoms with Gasteiger partial charge in [-0.2, -0.15) is 23.4 Å². The molecule has 5 rings (SSSR count). The Hall–Kier alpha value is -3.83. The molecule has 4 aromatic rings. The molecular weight excluding hydrogens is 471 g/mol. The van der Waals surface area contributed by atoms with E-state index in [1.54, 1.807) is 18.9 Å². The Balaban J connectivity index is 1.50. The van der Waals surface area contributed by atoms with Gasteiger partial charge in [-0.15, -0.1) is 0 Å². The van der Waals surface area contributed by atoms with Crippen LogP contribution in [0.3, 0.4) is 0 Å². The molecule has 12 heteroatoms. The molecule has 4 heterocycles. The Labute approximate surface area is 195 Å². The van der Waals surface area contributed by atoms with Crippen LogP contribution >= 0.6 is 0 Å². The van der Waals surface area contributed by atoms with E-state index in [-0.39, 0.29) is 28.7 Å². The van der Waals surface area contributed by atoms with Crippen molar-refractivity contribution >= 4 is 16.8 Å². The minimum absolute atomic E-state index is 0.0272. The fraction of sp³-hybridized carbons (Fsp3) is 0.304. The average molecular weight is 490 g/mol. The van der Waals surface area contributed by atoms with Gasteiger partial charge < -0.3 is 4.90 Å². The van der Waals surface area contributed by atoms with Crippen molar-refractivity contribution in [3.8, 4) is 11.4 Å². The summed E-state index contributed by atoms with van der Waals surface area (Å²) < 4.78 is 69.9. The summed E-state index contributed by atoms with van der Waals surface area (Å²) in [7, 11) is 3.06. The van der Waals surface area contributed by atoms with Crippen LogP contribution in [0, 0.1) is 11.6 Å². The summed E-state index contributed by atoms with van der Waals surface area (Å²) in [5, 5.41) is 8.12. The maximum Gasteiger partial charge on any atom is 0.435 e. The lowest BCUT2D eigenvalue weighted by Crippen LogP contribution is -2.39. The molecule has 1 amide bonds. The van der Waals surface area contributed by atoms with E-state index in [0.717, 1.165) is 23.8 Å². The van der Waals surface area contributed by atoms with Crippen molar-refractivity contribution in [1.29, 1.82) is 0 Å². The smallest absolute Gasteiger partial charge is 0.330 e. The van der Waals surface area contributed by atoms with Gasteiger partial charge in [-0.25, -0.2) is 8.78 Å². The van der Waals surface area contributed by atoms with Gasteiger partial charge in [-0.3, -0.25) is 19.1 Å². The van der Waals surface area contributed by atoms with Crippen LogP contribution in [-0.2, 0) is 26.7 Å². The topological polar surface area (TPSA) is 68.8 Å². The van der Waals surface area contributed by atoms with E-state index in [4.69, 9.17) is 0 Å². The highest BCUT2D eigenvalue weighted by Gasteiger charge is 2.37. The number of amides is 1. The average Bonchev–Trinajstić information content (AvgIpc) is 3.32. The molecule has 0 bridgehead atoms. The Morgan fingerprint density at radius 1 is 1.06 bits per heavy atom. The molecular formula is C23H19F5N6O. The summed E-state index contributed by atoms with van der Waals surface area (Å²) in [6, 6.07) is 3.62. The number of rotatable bonds is 2. The van der Waals surface area contributed by atoms with Crippen molar-refractivity contribution in [2.75, 3.05) is 6.54 Å². The van der Waals surface area contributed by atoms with Gasteiger partial charge in [0.2, 0.25) is 0 Å². The lowest BCUT2D eigenvalue weighted by atomic mass is 9.96. The van der Waals surface area contributed by atoms with E-state index in [0.29, 0.717) is 17.8 Å². The van der Waals surface area contributed by atoms with Crippen molar-refractivity contribution in [1.82, 2.24) is 29.4 Å². The molecule has 1 aliphatic rings. The molecule has 1 unspecified atom stereocenters. The van der Waals surface area contributed by atoms with Gasteiger partial charge in [0, 0.05) is 49.9 Å². The van der Waals surface area contributed by atoms with E-state index in [2.05, 4.69) is 15.2 Å². The Kier molecular flexibility index (Phi) is 5.15. The molecule has 35 heavy (non-hydrogen) atoms. The Morgan fingerprint density at radius 3 is 2.49 bits per heavy atom. The van der Waals surface area contributed by atoms with E-state index in [1.807, 2.05) is 0 Å². The molecule has 182 valence electrons. The van der Waals surface area contributed by atoms with E-state index in [1.165, 1.54) is 28.7 Å². The number of nitrogens with zero attached hydrogens (tertiary/aromatic N) is 6. The summed E-state index contributed by atoms with van der Waals surface area (Å²) in [6.07, 6.45) is -2.96. The zero-order valence-corrected chi connectivity index (χ0v) is 18.9. The summed E-state index contributed by atoms with van der Waals surface area (Å²) in [5.41, 5.74) is 1.29. The fourth-order valence-electron chi connectivity index (χ4n) is 4.60. The zero-order valence-electron chi connectivity index (χ0n) is 18.9. The number of benzene rings is 1. The third kappa shape index (κ3) is 3.72. The number of carbonyl (C=O) groups is 1. The molecule has 1 atom stereocenters. The van der Waals surface area contributed by atoms with Crippen molar-refractivity contribution < 1.29 is 26.7 Å². The summed E-state index contributed by atoms with van der Waals surface area (Å²) in [6.45, 7) is 2.03. The number of aryl methyl sites for hydroxylation is 2. The van der Waals surface area contributed by atoms with Crippen LogP contribution < -0.4 is 0 Å². The third-order valence-corrected chi connectivity index (χ3v) is 6.28. The van der Waals surface area contributed by atoms with Gasteiger partial charge in [0.25, 0.3) is 5.91 Å². The van der Waals surface area contributed by atoms with Gasteiger partial charge in [0.05, 0.1) is 34.2 Å². The number of pyridine rings is 1. The van der Waals surface area contributed by atoms with E-state index >= 15 is 0 Å². The Bertz CT molecular complexity index is 1490. The van der Waals surface area contributed by atoms with Crippen LogP contribution in [0.15, 0.2) is 30.5 Å². The lowest BCUT2D eigenvalue weighted by Gasteiger charge is -2.33. The molecule has 7 nitrogen and oxygen atoms in total. The van der Waals surface area contributed by atoms with Crippen LogP contribution in [0.5, 0.6) is 0 Å². The quantitative estimate of drug-likeness (QED) is 0.390. The summed E-state index contributed by atoms with van der Waals surface area (Å²) in [5.74, 6) is -1.99. The van der Waals surface area contributed by atoms with Crippen LogP contribution in [0.1, 0.15) is 40.3 Å². The predicted octanol–water partition coefficient (Wildman–Crippen LogP) is 4.43. The van der Waals surface area contributed by atoms with Crippen LogP contribution in [-0.4, -0.2) is 41.9 Å². The molecule has 0 spiro atoms. The monoisotopic (exact) mass is 490 g/mol. The normalized spacial score (nSPS) is 16.1. The zero-order chi connectivity index (χ0) is 25.2. The van der Waals surface area contributed by atoms with Gasteiger partial charge >= 0.3 is 6.18 Å². The molecule has 0 N–H and O–H groups in total. The first-order valence-electron chi connectivity index (χ1n) is 10.7. The molecule has 1 aliphatic heterocycles. The highest BCUT2D eigenvalue weighted by molar-refractivity contribution is 5.97. The van der Waals surface area contributed by atoms with Crippen LogP contribution in [0.4, 0.5) is 22.0 Å². The minimum atomic E-state index is -4.58. The number of fused-ring (bicyclic) bond motifs is 2. The van der Waals surface area contributed by atoms with Crippen LogP contribution in [0.25, 0.3) is 22.3 Å². The summed E-state index contributed by atoms with van der Waals surface area (Å²) >= 11 is 0. The largest absolute Gasteiger partial charge is 0.435 e. The number of hydrogen-bond donors (Lipinski definition) is 0. The first-order valence-corrected chi connectivity index (χ1v) is 10.7. The molecule has 0 saturated heterocycles. The second-order valence-electron chi connectivity index (χ2n) is 8.48. The van der Waals surface area contributed by atoms with Gasteiger partial charge in [0.15, 0.2) is 5.69 Å². The SMILES string of the molecule is CC1c2nn(C)c(-c3cc(C(F)(F)F)nn3C)c2CCN1C(=O)c1cnc2cc(F)cc(F)c2c1. The number of halogens is 5. The first-order chi connectivity index (χ1) is 16.5. The van der Waals surface area contributed by atoms with Crippen molar-refractivity contribution in [3.63, 3.8) is 0 Å². The van der Waals surface area contributed by atoms with Crippen LogP contribution in [0.2, 0.25) is 0 Å². The molecule has 0 aliphatic carbocycles. The van der Waals surface area contributed by atoms with Crippen molar-refractivity contribution in [2.24, 2.45) is 14.1 Å². The number of carbonyl (C=O) groups excluding carboxylic acids is 1. The fourth-order valence-corrected chi connectivity index (χ4v) is 4.60. The predicted molar refractivity (Wildman–Crippen MR) is 115 cm³/mol. The number of aromatic nitrogens is 5. The maximum absolute atomic E-state index is 14.2. The van der Waals surface area contributed by atoms with Crippen molar-refractivity contribution in [2.45, 2.75) is 25.6 Å². The minimum Gasteiger partial charge on any atom is -0.330 e. The third-order valence-electron chi connectivity index (χ3n) is 6.28. The maximum atomic E-state index is 14.2. The van der Waals surface area contributed by atoms with Gasteiger partial charge in [-0.1, -0.05) is 0 Å². The second kappa shape index (κ2) is 7.85. The number of alkyl halides is 3. The second-order valence-corrected chi connectivity index (χ2v) is 8.48. The lowest BCUT2D eigenvalue weighted by molar-refractivity contribution is -0.141. The molecule has 3 aromatic heterocycles. The number of hydrogen-bond acceptors (Lipinski definition) is 4. The van der Waals surface area contributed by atoms with Crippen molar-refractivity contribution in [3.05, 3.63) is 64.6 Å².